The topological polar surface area (TPSA) is 92.9 Å². The molecule has 1 fully saturated rings. The van der Waals surface area contributed by atoms with Crippen LogP contribution in [-0.2, 0) is 20.7 Å². The Hall–Kier alpha value is -2.08. The van der Waals surface area contributed by atoms with E-state index in [1.165, 1.54) is 0 Å². The SMILES string of the molecule is CC1(OCC(=O)O)CN(C(=O)CCc2cccc(N)c2)C1. The van der Waals surface area contributed by atoms with Crippen molar-refractivity contribution in [3.63, 3.8) is 0 Å². The first kappa shape index (κ1) is 15.3. The molecule has 6 nitrogen and oxygen atoms in total. The van der Waals surface area contributed by atoms with E-state index >= 15 is 0 Å². The van der Waals surface area contributed by atoms with Gasteiger partial charge in [-0.1, -0.05) is 12.1 Å². The highest BCUT2D eigenvalue weighted by Gasteiger charge is 2.42. The Kier molecular flexibility index (Phi) is 4.47. The third kappa shape index (κ3) is 4.19. The van der Waals surface area contributed by atoms with Crippen molar-refractivity contribution in [3.05, 3.63) is 29.8 Å². The van der Waals surface area contributed by atoms with Gasteiger partial charge in [-0.05, 0) is 31.0 Å². The van der Waals surface area contributed by atoms with Crippen LogP contribution in [0.4, 0.5) is 5.69 Å². The van der Waals surface area contributed by atoms with Crippen LogP contribution in [0.15, 0.2) is 24.3 Å². The fraction of sp³-hybridized carbons (Fsp3) is 0.467. The first-order valence-electron chi connectivity index (χ1n) is 6.86. The summed E-state index contributed by atoms with van der Waals surface area (Å²) >= 11 is 0. The van der Waals surface area contributed by atoms with Gasteiger partial charge in [0.05, 0.1) is 13.1 Å². The van der Waals surface area contributed by atoms with Crippen LogP contribution in [0.2, 0.25) is 0 Å². The molecule has 2 rings (SSSR count). The highest BCUT2D eigenvalue weighted by Crippen LogP contribution is 2.25. The van der Waals surface area contributed by atoms with Gasteiger partial charge in [0.1, 0.15) is 12.2 Å². The number of carbonyl (C=O) groups excluding carboxylic acids is 1. The molecule has 1 aromatic rings. The van der Waals surface area contributed by atoms with Crippen molar-refractivity contribution in [2.75, 3.05) is 25.4 Å². The van der Waals surface area contributed by atoms with Crippen LogP contribution in [0.25, 0.3) is 0 Å². The van der Waals surface area contributed by atoms with Gasteiger partial charge < -0.3 is 20.5 Å². The number of likely N-dealkylation sites (tertiary alicyclic amines) is 1. The number of hydrogen-bond donors (Lipinski definition) is 2. The van der Waals surface area contributed by atoms with Gasteiger partial charge in [0.25, 0.3) is 0 Å². The van der Waals surface area contributed by atoms with Crippen molar-refractivity contribution >= 4 is 17.6 Å². The Bertz CT molecular complexity index is 538. The second-order valence-corrected chi connectivity index (χ2v) is 5.63. The maximum absolute atomic E-state index is 12.0. The lowest BCUT2D eigenvalue weighted by atomic mass is 9.95. The number of amides is 1. The Morgan fingerprint density at radius 1 is 1.43 bits per heavy atom. The fourth-order valence-electron chi connectivity index (χ4n) is 2.42. The Morgan fingerprint density at radius 3 is 2.76 bits per heavy atom. The summed E-state index contributed by atoms with van der Waals surface area (Å²) in [6, 6.07) is 7.49. The van der Waals surface area contributed by atoms with Gasteiger partial charge in [-0.2, -0.15) is 0 Å². The standard InChI is InChI=1S/C15H20N2O4/c1-15(21-8-14(19)20)9-17(10-15)13(18)6-5-11-3-2-4-12(16)7-11/h2-4,7H,5-6,8-10,16H2,1H3,(H,19,20). The summed E-state index contributed by atoms with van der Waals surface area (Å²) < 4.78 is 5.28. The zero-order valence-electron chi connectivity index (χ0n) is 12.0. The number of anilines is 1. The maximum atomic E-state index is 12.0. The van der Waals surface area contributed by atoms with E-state index < -0.39 is 11.6 Å². The zero-order chi connectivity index (χ0) is 15.5. The predicted molar refractivity (Wildman–Crippen MR) is 77.7 cm³/mol. The molecule has 1 heterocycles. The van der Waals surface area contributed by atoms with E-state index in [4.69, 9.17) is 15.6 Å². The first-order valence-corrected chi connectivity index (χ1v) is 6.86. The second-order valence-electron chi connectivity index (χ2n) is 5.63. The number of ether oxygens (including phenoxy) is 1. The van der Waals surface area contributed by atoms with E-state index in [1.807, 2.05) is 31.2 Å². The number of aliphatic carboxylic acids is 1. The average Bonchev–Trinajstić information content (AvgIpc) is 2.39. The summed E-state index contributed by atoms with van der Waals surface area (Å²) in [6.45, 7) is 2.37. The van der Waals surface area contributed by atoms with Crippen molar-refractivity contribution in [1.82, 2.24) is 4.90 Å². The largest absolute Gasteiger partial charge is 0.480 e. The number of nitrogens with two attached hydrogens (primary N) is 1. The van der Waals surface area contributed by atoms with Crippen LogP contribution in [0.5, 0.6) is 0 Å². The quantitative estimate of drug-likeness (QED) is 0.760. The monoisotopic (exact) mass is 292 g/mol. The molecule has 21 heavy (non-hydrogen) atoms. The van der Waals surface area contributed by atoms with Crippen LogP contribution in [0, 0.1) is 0 Å². The molecule has 6 heteroatoms. The number of carbonyl (C=O) groups is 2. The van der Waals surface area contributed by atoms with Gasteiger partial charge in [0.15, 0.2) is 0 Å². The number of nitrogens with zero attached hydrogens (tertiary/aromatic N) is 1. The van der Waals surface area contributed by atoms with Crippen molar-refractivity contribution < 1.29 is 19.4 Å². The van der Waals surface area contributed by atoms with Crippen LogP contribution < -0.4 is 5.73 Å². The van der Waals surface area contributed by atoms with Gasteiger partial charge >= 0.3 is 5.97 Å². The molecule has 1 saturated heterocycles. The third-order valence-electron chi connectivity index (χ3n) is 3.53. The molecule has 0 spiro atoms. The number of benzene rings is 1. The molecule has 1 aliphatic rings. The summed E-state index contributed by atoms with van der Waals surface area (Å²) in [5.74, 6) is -0.948. The number of rotatable bonds is 6. The van der Waals surface area contributed by atoms with Crippen molar-refractivity contribution in [2.45, 2.75) is 25.4 Å². The lowest BCUT2D eigenvalue weighted by Crippen LogP contribution is -2.63. The van der Waals surface area contributed by atoms with Gasteiger partial charge in [0.2, 0.25) is 5.91 Å². The Labute approximate surface area is 123 Å². The molecular formula is C15H20N2O4. The average molecular weight is 292 g/mol. The molecule has 0 radical (unpaired) electrons. The first-order chi connectivity index (χ1) is 9.88. The molecule has 0 unspecified atom stereocenters. The van der Waals surface area contributed by atoms with E-state index in [9.17, 15) is 9.59 Å². The van der Waals surface area contributed by atoms with E-state index in [2.05, 4.69) is 0 Å². The number of nitrogen functional groups attached to an aromatic ring is 1. The summed E-state index contributed by atoms with van der Waals surface area (Å²) in [5.41, 5.74) is 6.89. The van der Waals surface area contributed by atoms with Crippen LogP contribution >= 0.6 is 0 Å². The minimum atomic E-state index is -0.998. The summed E-state index contributed by atoms with van der Waals surface area (Å²) in [4.78, 5) is 24.2. The lowest BCUT2D eigenvalue weighted by Gasteiger charge is -2.47. The Balaban J connectivity index is 1.75. The van der Waals surface area contributed by atoms with Crippen molar-refractivity contribution in [3.8, 4) is 0 Å². The van der Waals surface area contributed by atoms with Crippen LogP contribution in [-0.4, -0.2) is 47.2 Å². The number of aryl methyl sites for hydroxylation is 1. The highest BCUT2D eigenvalue weighted by atomic mass is 16.5. The molecule has 1 amide bonds. The molecule has 0 atom stereocenters. The number of carboxylic acid groups (broad SMARTS) is 1. The van der Waals surface area contributed by atoms with E-state index in [1.54, 1.807) is 4.90 Å². The van der Waals surface area contributed by atoms with Gasteiger partial charge in [-0.15, -0.1) is 0 Å². The molecule has 1 aromatic carbocycles. The normalized spacial score (nSPS) is 16.3. The van der Waals surface area contributed by atoms with E-state index in [0.717, 1.165) is 5.56 Å². The predicted octanol–water partition coefficient (Wildman–Crippen LogP) is 0.903. The number of carboxylic acids is 1. The van der Waals surface area contributed by atoms with Crippen molar-refractivity contribution in [2.24, 2.45) is 0 Å². The minimum Gasteiger partial charge on any atom is -0.480 e. The van der Waals surface area contributed by atoms with Crippen LogP contribution in [0.1, 0.15) is 18.9 Å². The highest BCUT2D eigenvalue weighted by molar-refractivity contribution is 5.77. The molecule has 114 valence electrons. The second kappa shape index (κ2) is 6.13. The van der Waals surface area contributed by atoms with Crippen molar-refractivity contribution in [1.29, 1.82) is 0 Å². The van der Waals surface area contributed by atoms with Gasteiger partial charge in [-0.3, -0.25) is 4.79 Å². The minimum absolute atomic E-state index is 0.0498. The molecule has 0 bridgehead atoms. The summed E-state index contributed by atoms with van der Waals surface area (Å²) in [7, 11) is 0. The fourth-order valence-corrected chi connectivity index (χ4v) is 2.42. The summed E-state index contributed by atoms with van der Waals surface area (Å²) in [5, 5.41) is 8.59. The lowest BCUT2D eigenvalue weighted by molar-refractivity contribution is -0.173. The summed E-state index contributed by atoms with van der Waals surface area (Å²) in [6.07, 6.45) is 1.06. The number of hydrogen-bond acceptors (Lipinski definition) is 4. The van der Waals surface area contributed by atoms with Gasteiger partial charge in [0, 0.05) is 12.1 Å². The van der Waals surface area contributed by atoms with E-state index in [0.29, 0.717) is 31.6 Å². The molecule has 0 aliphatic carbocycles. The molecule has 0 saturated carbocycles. The molecule has 0 aromatic heterocycles. The maximum Gasteiger partial charge on any atom is 0.329 e. The Morgan fingerprint density at radius 2 is 2.14 bits per heavy atom. The third-order valence-corrected chi connectivity index (χ3v) is 3.53. The molecule has 3 N–H and O–H groups in total. The zero-order valence-corrected chi connectivity index (χ0v) is 12.0. The van der Waals surface area contributed by atoms with E-state index in [-0.39, 0.29) is 12.5 Å². The van der Waals surface area contributed by atoms with Gasteiger partial charge in [-0.25, -0.2) is 4.79 Å². The van der Waals surface area contributed by atoms with Crippen LogP contribution in [0.3, 0.4) is 0 Å². The molecule has 1 aliphatic heterocycles. The molecular weight excluding hydrogens is 272 g/mol. The smallest absolute Gasteiger partial charge is 0.329 e.